The molecule has 0 aromatic carbocycles. The van der Waals surface area contributed by atoms with E-state index in [4.69, 9.17) is 0 Å². The molecule has 4 nitrogen and oxygen atoms in total. The first-order valence-electron chi connectivity index (χ1n) is 6.91. The van der Waals surface area contributed by atoms with Crippen LogP contribution < -0.4 is 0 Å². The summed E-state index contributed by atoms with van der Waals surface area (Å²) in [7, 11) is 4.43. The monoisotopic (exact) mass is 240 g/mol. The zero-order chi connectivity index (χ0) is 12.4. The summed E-state index contributed by atoms with van der Waals surface area (Å²) < 4.78 is 0. The molecule has 17 heavy (non-hydrogen) atoms. The van der Waals surface area contributed by atoms with E-state index < -0.39 is 0 Å². The molecule has 2 aliphatic heterocycles. The lowest BCUT2D eigenvalue weighted by atomic mass is 10.1. The molecule has 0 bridgehead atoms. The van der Waals surface area contributed by atoms with Gasteiger partial charge in [0.05, 0.1) is 13.3 Å². The lowest BCUT2D eigenvalue weighted by molar-refractivity contribution is 0.149. The zero-order valence-electron chi connectivity index (χ0n) is 11.9. The van der Waals surface area contributed by atoms with Crippen LogP contribution in [-0.4, -0.2) is 85.3 Å². The van der Waals surface area contributed by atoms with Gasteiger partial charge in [0.2, 0.25) is 0 Å². The van der Waals surface area contributed by atoms with Crippen LogP contribution in [0.2, 0.25) is 0 Å². The summed E-state index contributed by atoms with van der Waals surface area (Å²) in [5.41, 5.74) is 0. The Kier molecular flexibility index (Phi) is 4.42. The molecule has 100 valence electrons. The second-order valence-electron chi connectivity index (χ2n) is 6.00. The second-order valence-corrected chi connectivity index (χ2v) is 6.00. The molecule has 0 aromatic rings. The van der Waals surface area contributed by atoms with Gasteiger partial charge in [-0.15, -0.1) is 0 Å². The first kappa shape index (κ1) is 13.3. The highest BCUT2D eigenvalue weighted by Gasteiger charge is 2.26. The number of hydrogen-bond donors (Lipinski definition) is 0. The minimum absolute atomic E-state index is 0.709. The fraction of sp³-hybridized carbons (Fsp3) is 1.00. The van der Waals surface area contributed by atoms with Crippen molar-refractivity contribution in [1.29, 1.82) is 0 Å². The number of nitrogens with zero attached hydrogens (tertiary/aromatic N) is 4. The third-order valence-corrected chi connectivity index (χ3v) is 4.31. The van der Waals surface area contributed by atoms with E-state index >= 15 is 0 Å². The van der Waals surface area contributed by atoms with Gasteiger partial charge in [-0.1, -0.05) is 0 Å². The normalized spacial score (nSPS) is 28.9. The molecule has 0 radical (unpaired) electrons. The van der Waals surface area contributed by atoms with Crippen molar-refractivity contribution in [2.45, 2.75) is 32.4 Å². The lowest BCUT2D eigenvalue weighted by Gasteiger charge is -2.30. The van der Waals surface area contributed by atoms with Crippen molar-refractivity contribution in [2.75, 3.05) is 53.6 Å². The van der Waals surface area contributed by atoms with Gasteiger partial charge < -0.3 is 0 Å². The van der Waals surface area contributed by atoms with Crippen molar-refractivity contribution in [3.05, 3.63) is 0 Å². The van der Waals surface area contributed by atoms with Gasteiger partial charge in [0.15, 0.2) is 0 Å². The SMILES string of the molecule is CC(CC(C)N1CCN(C)C1)N1CCN(C)C1. The molecule has 2 rings (SSSR count). The van der Waals surface area contributed by atoms with Crippen LogP contribution in [-0.2, 0) is 0 Å². The highest BCUT2D eigenvalue weighted by atomic mass is 15.4. The van der Waals surface area contributed by atoms with E-state index in [0.717, 1.165) is 13.3 Å². The van der Waals surface area contributed by atoms with Gasteiger partial charge in [-0.25, -0.2) is 0 Å². The Morgan fingerprint density at radius 3 is 1.47 bits per heavy atom. The van der Waals surface area contributed by atoms with Gasteiger partial charge in [-0.3, -0.25) is 19.6 Å². The lowest BCUT2D eigenvalue weighted by Crippen LogP contribution is -2.40. The summed E-state index contributed by atoms with van der Waals surface area (Å²) in [5.74, 6) is 0. The standard InChI is InChI=1S/C13H28N4/c1-12(16-7-5-14(3)10-16)9-13(2)17-8-6-15(4)11-17/h12-13H,5-11H2,1-4H3. The molecule has 0 aliphatic carbocycles. The Labute approximate surface area is 106 Å². The van der Waals surface area contributed by atoms with Crippen molar-refractivity contribution in [1.82, 2.24) is 19.6 Å². The van der Waals surface area contributed by atoms with Gasteiger partial charge in [-0.2, -0.15) is 0 Å². The molecule has 2 unspecified atom stereocenters. The molecule has 0 amide bonds. The Morgan fingerprint density at radius 2 is 1.18 bits per heavy atom. The van der Waals surface area contributed by atoms with E-state index in [1.807, 2.05) is 0 Å². The van der Waals surface area contributed by atoms with Gasteiger partial charge in [0.25, 0.3) is 0 Å². The van der Waals surface area contributed by atoms with Gasteiger partial charge in [0.1, 0.15) is 0 Å². The topological polar surface area (TPSA) is 13.0 Å². The summed E-state index contributed by atoms with van der Waals surface area (Å²) >= 11 is 0. The maximum atomic E-state index is 2.61. The Bertz CT molecular complexity index is 222. The fourth-order valence-electron chi connectivity index (χ4n) is 3.01. The predicted octanol–water partition coefficient (Wildman–Crippen LogP) is 0.563. The summed E-state index contributed by atoms with van der Waals surface area (Å²) in [6.07, 6.45) is 1.29. The average molecular weight is 240 g/mol. The van der Waals surface area contributed by atoms with Crippen LogP contribution in [0, 0.1) is 0 Å². The molecule has 0 N–H and O–H groups in total. The van der Waals surface area contributed by atoms with Gasteiger partial charge in [-0.05, 0) is 34.4 Å². The molecule has 2 aliphatic rings. The van der Waals surface area contributed by atoms with E-state index in [2.05, 4.69) is 47.5 Å². The van der Waals surface area contributed by atoms with E-state index in [1.165, 1.54) is 32.6 Å². The molecule has 0 saturated carbocycles. The average Bonchev–Trinajstić information content (AvgIpc) is 2.87. The summed E-state index contributed by atoms with van der Waals surface area (Å²) in [5, 5.41) is 0. The van der Waals surface area contributed by atoms with Crippen molar-refractivity contribution in [3.8, 4) is 0 Å². The molecule has 2 fully saturated rings. The quantitative estimate of drug-likeness (QED) is 0.712. The van der Waals surface area contributed by atoms with Gasteiger partial charge >= 0.3 is 0 Å². The Balaban J connectivity index is 1.76. The highest BCUT2D eigenvalue weighted by molar-refractivity contribution is 4.80. The smallest absolute Gasteiger partial charge is 0.0507 e. The van der Waals surface area contributed by atoms with Crippen LogP contribution in [0.1, 0.15) is 20.3 Å². The van der Waals surface area contributed by atoms with Crippen molar-refractivity contribution in [2.24, 2.45) is 0 Å². The number of rotatable bonds is 4. The summed E-state index contributed by atoms with van der Waals surface area (Å²) in [6, 6.07) is 1.42. The highest BCUT2D eigenvalue weighted by Crippen LogP contribution is 2.16. The largest absolute Gasteiger partial charge is 0.292 e. The maximum Gasteiger partial charge on any atom is 0.0507 e. The summed E-state index contributed by atoms with van der Waals surface area (Å²) in [6.45, 7) is 12.0. The minimum Gasteiger partial charge on any atom is -0.292 e. The van der Waals surface area contributed by atoms with E-state index in [0.29, 0.717) is 12.1 Å². The van der Waals surface area contributed by atoms with Gasteiger partial charge in [0, 0.05) is 38.3 Å². The molecule has 2 heterocycles. The van der Waals surface area contributed by atoms with E-state index in [1.54, 1.807) is 0 Å². The first-order valence-corrected chi connectivity index (χ1v) is 6.91. The van der Waals surface area contributed by atoms with Crippen LogP contribution in [0.25, 0.3) is 0 Å². The van der Waals surface area contributed by atoms with Crippen molar-refractivity contribution in [3.63, 3.8) is 0 Å². The van der Waals surface area contributed by atoms with Crippen LogP contribution in [0.3, 0.4) is 0 Å². The fourth-order valence-corrected chi connectivity index (χ4v) is 3.01. The third-order valence-electron chi connectivity index (χ3n) is 4.31. The number of hydrogen-bond acceptors (Lipinski definition) is 4. The Morgan fingerprint density at radius 1 is 0.765 bits per heavy atom. The predicted molar refractivity (Wildman–Crippen MR) is 71.9 cm³/mol. The van der Waals surface area contributed by atoms with Crippen LogP contribution in [0.5, 0.6) is 0 Å². The maximum absolute atomic E-state index is 2.61. The van der Waals surface area contributed by atoms with Crippen LogP contribution in [0.4, 0.5) is 0 Å². The number of likely N-dealkylation sites (N-methyl/N-ethyl adjacent to an activating group) is 2. The molecule has 4 heteroatoms. The summed E-state index contributed by atoms with van der Waals surface area (Å²) in [4.78, 5) is 10.0. The van der Waals surface area contributed by atoms with Crippen molar-refractivity contribution < 1.29 is 0 Å². The van der Waals surface area contributed by atoms with E-state index in [9.17, 15) is 0 Å². The molecular weight excluding hydrogens is 212 g/mol. The minimum atomic E-state index is 0.709. The molecule has 0 aromatic heterocycles. The van der Waals surface area contributed by atoms with Crippen LogP contribution >= 0.6 is 0 Å². The molecule has 0 spiro atoms. The van der Waals surface area contributed by atoms with E-state index in [-0.39, 0.29) is 0 Å². The Hall–Kier alpha value is -0.160. The molecule has 2 atom stereocenters. The van der Waals surface area contributed by atoms with Crippen molar-refractivity contribution >= 4 is 0 Å². The third kappa shape index (κ3) is 3.41. The van der Waals surface area contributed by atoms with Crippen LogP contribution in [0.15, 0.2) is 0 Å². The zero-order valence-corrected chi connectivity index (χ0v) is 11.9. The molecular formula is C13H28N4. The first-order chi connectivity index (χ1) is 8.06. The molecule has 2 saturated heterocycles. The second kappa shape index (κ2) is 5.65.